The predicted molar refractivity (Wildman–Crippen MR) is 114 cm³/mol. The molecule has 0 bridgehead atoms. The second kappa shape index (κ2) is 7.96. The Kier molecular flexibility index (Phi) is 5.83. The lowest BCUT2D eigenvalue weighted by molar-refractivity contribution is 0.0975. The van der Waals surface area contributed by atoms with Gasteiger partial charge in [-0.2, -0.15) is 0 Å². The lowest BCUT2D eigenvalue weighted by Crippen LogP contribution is -2.34. The molecule has 8 heteroatoms. The number of primary amides is 1. The topological polar surface area (TPSA) is 84.2 Å². The van der Waals surface area contributed by atoms with E-state index in [0.29, 0.717) is 27.1 Å². The van der Waals surface area contributed by atoms with E-state index in [1.807, 2.05) is 6.92 Å². The highest BCUT2D eigenvalue weighted by atomic mass is 35.5. The molecule has 5 nitrogen and oxygen atoms in total. The van der Waals surface area contributed by atoms with Gasteiger partial charge in [-0.15, -0.1) is 11.3 Å². The highest BCUT2D eigenvalue weighted by molar-refractivity contribution is 7.80. The van der Waals surface area contributed by atoms with Gasteiger partial charge in [0.2, 0.25) is 0 Å². The van der Waals surface area contributed by atoms with Crippen LogP contribution < -0.4 is 16.4 Å². The first-order chi connectivity index (χ1) is 12.8. The SMILES string of the molecule is Cc1ccc(C(=O)NC(=S)Nc2sc3c(c2C(N)=O)CC[C@H](C)C3)cc1Cl. The number of anilines is 1. The highest BCUT2D eigenvalue weighted by Gasteiger charge is 2.27. The highest BCUT2D eigenvalue weighted by Crippen LogP contribution is 2.39. The number of halogens is 1. The van der Waals surface area contributed by atoms with Gasteiger partial charge in [0.15, 0.2) is 5.11 Å². The third-order valence-electron chi connectivity index (χ3n) is 4.65. The summed E-state index contributed by atoms with van der Waals surface area (Å²) in [6.07, 6.45) is 2.77. The Morgan fingerprint density at radius 3 is 2.78 bits per heavy atom. The second-order valence-electron chi connectivity index (χ2n) is 6.79. The van der Waals surface area contributed by atoms with Crippen molar-refractivity contribution in [2.75, 3.05) is 5.32 Å². The minimum absolute atomic E-state index is 0.117. The van der Waals surface area contributed by atoms with E-state index >= 15 is 0 Å². The molecule has 27 heavy (non-hydrogen) atoms. The number of nitrogens with one attached hydrogen (secondary N) is 2. The van der Waals surface area contributed by atoms with Crippen LogP contribution in [0.5, 0.6) is 0 Å². The molecule has 1 atom stereocenters. The lowest BCUT2D eigenvalue weighted by atomic mass is 9.88. The van der Waals surface area contributed by atoms with Crippen molar-refractivity contribution in [3.05, 3.63) is 50.4 Å². The molecule has 0 radical (unpaired) electrons. The van der Waals surface area contributed by atoms with Gasteiger partial charge < -0.3 is 11.1 Å². The Morgan fingerprint density at radius 2 is 2.11 bits per heavy atom. The van der Waals surface area contributed by atoms with E-state index in [9.17, 15) is 9.59 Å². The van der Waals surface area contributed by atoms with Crippen LogP contribution in [-0.4, -0.2) is 16.9 Å². The fraction of sp³-hybridized carbons (Fsp3) is 0.316. The molecule has 0 saturated heterocycles. The van der Waals surface area contributed by atoms with Gasteiger partial charge in [0.05, 0.1) is 5.56 Å². The van der Waals surface area contributed by atoms with Crippen LogP contribution in [0.15, 0.2) is 18.2 Å². The minimum atomic E-state index is -0.482. The molecule has 2 amide bonds. The van der Waals surface area contributed by atoms with Crippen molar-refractivity contribution in [2.45, 2.75) is 33.1 Å². The molecule has 0 unspecified atom stereocenters. The summed E-state index contributed by atoms with van der Waals surface area (Å²) in [5.74, 6) is -0.281. The standard InChI is InChI=1S/C19H20ClN3O2S2/c1-9-3-6-12-14(7-9)27-18(15(12)16(21)24)23-19(26)22-17(25)11-5-4-10(2)13(20)8-11/h4-5,8-9H,3,6-7H2,1-2H3,(H2,21,24)(H2,22,23,25,26)/t9-/m0/s1. The van der Waals surface area contributed by atoms with E-state index in [4.69, 9.17) is 29.6 Å². The van der Waals surface area contributed by atoms with Gasteiger partial charge in [0.25, 0.3) is 11.8 Å². The summed E-state index contributed by atoms with van der Waals surface area (Å²) in [5, 5.41) is 6.82. The Balaban J connectivity index is 1.77. The van der Waals surface area contributed by atoms with E-state index in [1.165, 1.54) is 11.3 Å². The minimum Gasteiger partial charge on any atom is -0.365 e. The summed E-state index contributed by atoms with van der Waals surface area (Å²) in [6.45, 7) is 4.05. The van der Waals surface area contributed by atoms with Crippen LogP contribution in [0, 0.1) is 12.8 Å². The smallest absolute Gasteiger partial charge is 0.257 e. The summed E-state index contributed by atoms with van der Waals surface area (Å²) in [5.41, 5.74) is 8.38. The van der Waals surface area contributed by atoms with Gasteiger partial charge in [-0.25, -0.2) is 0 Å². The molecule has 0 saturated carbocycles. The van der Waals surface area contributed by atoms with Crippen molar-refractivity contribution in [1.29, 1.82) is 0 Å². The number of benzene rings is 1. The molecule has 142 valence electrons. The maximum atomic E-state index is 12.4. The first kappa shape index (κ1) is 19.8. The van der Waals surface area contributed by atoms with Gasteiger partial charge in [-0.3, -0.25) is 14.9 Å². The predicted octanol–water partition coefficient (Wildman–Crippen LogP) is 4.06. The van der Waals surface area contributed by atoms with E-state index in [2.05, 4.69) is 17.6 Å². The first-order valence-corrected chi connectivity index (χ1v) is 10.2. The quantitative estimate of drug-likeness (QED) is 0.652. The summed E-state index contributed by atoms with van der Waals surface area (Å²) in [6, 6.07) is 5.04. The average Bonchev–Trinajstić information content (AvgIpc) is 2.93. The van der Waals surface area contributed by atoms with Crippen molar-refractivity contribution in [3.8, 4) is 0 Å². The Labute approximate surface area is 172 Å². The number of carbonyl (C=O) groups is 2. The van der Waals surface area contributed by atoms with Crippen LogP contribution in [0.3, 0.4) is 0 Å². The number of hydrogen-bond donors (Lipinski definition) is 3. The third kappa shape index (κ3) is 4.31. The summed E-state index contributed by atoms with van der Waals surface area (Å²) in [7, 11) is 0. The number of aryl methyl sites for hydroxylation is 1. The van der Waals surface area contributed by atoms with Crippen LogP contribution in [0.4, 0.5) is 5.00 Å². The Hall–Kier alpha value is -1.96. The second-order valence-corrected chi connectivity index (χ2v) is 8.71. The van der Waals surface area contributed by atoms with Crippen molar-refractivity contribution in [3.63, 3.8) is 0 Å². The number of carbonyl (C=O) groups excluding carboxylic acids is 2. The van der Waals surface area contributed by atoms with Gasteiger partial charge in [0, 0.05) is 15.5 Å². The maximum absolute atomic E-state index is 12.4. The normalized spacial score (nSPS) is 15.7. The molecule has 1 aliphatic rings. The molecule has 1 aliphatic carbocycles. The van der Waals surface area contributed by atoms with Gasteiger partial charge in [0.1, 0.15) is 5.00 Å². The van der Waals surface area contributed by atoms with Crippen molar-refractivity contribution in [2.24, 2.45) is 11.7 Å². The first-order valence-electron chi connectivity index (χ1n) is 8.59. The van der Waals surface area contributed by atoms with E-state index in [1.54, 1.807) is 18.2 Å². The van der Waals surface area contributed by atoms with Gasteiger partial charge >= 0.3 is 0 Å². The zero-order valence-electron chi connectivity index (χ0n) is 15.0. The summed E-state index contributed by atoms with van der Waals surface area (Å²) >= 11 is 12.8. The monoisotopic (exact) mass is 421 g/mol. The Morgan fingerprint density at radius 1 is 1.37 bits per heavy atom. The molecule has 0 fully saturated rings. The lowest BCUT2D eigenvalue weighted by Gasteiger charge is -2.18. The Bertz CT molecular complexity index is 939. The van der Waals surface area contributed by atoms with E-state index in [-0.39, 0.29) is 11.0 Å². The number of hydrogen-bond acceptors (Lipinski definition) is 4. The number of fused-ring (bicyclic) bond motifs is 1. The number of thiophene rings is 1. The fourth-order valence-corrected chi connectivity index (χ4v) is 5.00. The maximum Gasteiger partial charge on any atom is 0.257 e. The van der Waals surface area contributed by atoms with Gasteiger partial charge in [-0.1, -0.05) is 24.6 Å². The van der Waals surface area contributed by atoms with Crippen LogP contribution in [0.2, 0.25) is 5.02 Å². The zero-order valence-corrected chi connectivity index (χ0v) is 17.4. The molecule has 0 spiro atoms. The largest absolute Gasteiger partial charge is 0.365 e. The summed E-state index contributed by atoms with van der Waals surface area (Å²) < 4.78 is 0. The van der Waals surface area contributed by atoms with Crippen LogP contribution in [0.1, 0.15) is 50.1 Å². The average molecular weight is 422 g/mol. The van der Waals surface area contributed by atoms with E-state index < -0.39 is 5.91 Å². The van der Waals surface area contributed by atoms with Crippen LogP contribution in [0.25, 0.3) is 0 Å². The molecule has 2 aromatic rings. The van der Waals surface area contributed by atoms with Crippen LogP contribution >= 0.6 is 35.2 Å². The fourth-order valence-electron chi connectivity index (χ4n) is 3.14. The molecule has 4 N–H and O–H groups in total. The third-order valence-corrected chi connectivity index (χ3v) is 6.43. The molecule has 3 rings (SSSR count). The summed E-state index contributed by atoms with van der Waals surface area (Å²) in [4.78, 5) is 25.5. The number of nitrogens with two attached hydrogens (primary N) is 1. The van der Waals surface area contributed by atoms with Crippen molar-refractivity contribution < 1.29 is 9.59 Å². The molecule has 1 aromatic carbocycles. The molecular formula is C19H20ClN3O2S2. The van der Waals surface area contributed by atoms with Crippen molar-refractivity contribution >= 4 is 57.1 Å². The van der Waals surface area contributed by atoms with E-state index in [0.717, 1.165) is 35.3 Å². The number of thiocarbonyl (C=S) groups is 1. The van der Waals surface area contributed by atoms with Crippen LogP contribution in [-0.2, 0) is 12.8 Å². The molecular weight excluding hydrogens is 402 g/mol. The van der Waals surface area contributed by atoms with Crippen molar-refractivity contribution in [1.82, 2.24) is 5.32 Å². The van der Waals surface area contributed by atoms with Gasteiger partial charge in [-0.05, 0) is 67.6 Å². The molecule has 1 heterocycles. The molecule has 0 aliphatic heterocycles. The number of rotatable bonds is 3. The molecule has 1 aromatic heterocycles. The number of amides is 2. The zero-order chi connectivity index (χ0) is 19.7.